The Morgan fingerprint density at radius 2 is 1.54 bits per heavy atom. The fraction of sp³-hybridized carbons (Fsp3) is 0.0333. The number of nitrogens with one attached hydrogen (secondary N) is 1. The van der Waals surface area contributed by atoms with Gasteiger partial charge < -0.3 is 9.47 Å². The Kier molecular flexibility index (Phi) is 8.22. The van der Waals surface area contributed by atoms with Gasteiger partial charge in [-0.2, -0.15) is 5.10 Å². The lowest BCUT2D eigenvalue weighted by molar-refractivity contribution is 0.0739. The van der Waals surface area contributed by atoms with Gasteiger partial charge in [-0.3, -0.25) is 4.79 Å². The summed E-state index contributed by atoms with van der Waals surface area (Å²) in [5, 5.41) is 5.89. The smallest absolute Gasteiger partial charge is 0.355 e. The number of fused-ring (bicyclic) bond motifs is 1. The average molecular weight is 575 g/mol. The van der Waals surface area contributed by atoms with Gasteiger partial charge in [-0.25, -0.2) is 10.2 Å². The minimum Gasteiger partial charge on any atom is -0.489 e. The number of halogens is 2. The van der Waals surface area contributed by atoms with Crippen LogP contribution in [0.25, 0.3) is 10.1 Å². The third-order valence-electron chi connectivity index (χ3n) is 5.63. The molecule has 1 amide bonds. The Morgan fingerprint density at radius 1 is 0.846 bits per heavy atom. The zero-order chi connectivity index (χ0) is 27.2. The molecule has 0 aliphatic rings. The van der Waals surface area contributed by atoms with Crippen LogP contribution in [0.2, 0.25) is 10.0 Å². The summed E-state index contributed by atoms with van der Waals surface area (Å²) < 4.78 is 12.1. The first-order chi connectivity index (χ1) is 19.0. The maximum Gasteiger partial charge on any atom is 0.355 e. The van der Waals surface area contributed by atoms with E-state index in [0.717, 1.165) is 15.6 Å². The molecule has 0 saturated heterocycles. The molecular weight excluding hydrogens is 555 g/mol. The number of hydrazone groups is 1. The molecule has 6 nitrogen and oxygen atoms in total. The van der Waals surface area contributed by atoms with Crippen LogP contribution in [0.1, 0.15) is 31.2 Å². The van der Waals surface area contributed by atoms with E-state index in [1.165, 1.54) is 17.6 Å². The van der Waals surface area contributed by atoms with Crippen molar-refractivity contribution < 1.29 is 19.1 Å². The Hall–Kier alpha value is -4.17. The minimum absolute atomic E-state index is 0.354. The van der Waals surface area contributed by atoms with Crippen molar-refractivity contribution in [2.24, 2.45) is 5.10 Å². The first-order valence-corrected chi connectivity index (χ1v) is 13.3. The number of carbonyl (C=O) groups excluding carboxylic acids is 2. The lowest BCUT2D eigenvalue weighted by atomic mass is 10.2. The number of hydrogen-bond donors (Lipinski definition) is 1. The second-order valence-electron chi connectivity index (χ2n) is 8.34. The van der Waals surface area contributed by atoms with Gasteiger partial charge in [0.2, 0.25) is 0 Å². The summed E-state index contributed by atoms with van der Waals surface area (Å²) in [5.41, 5.74) is 4.63. The molecule has 1 N–H and O–H groups in total. The van der Waals surface area contributed by atoms with E-state index in [0.29, 0.717) is 44.2 Å². The molecule has 0 spiro atoms. The average Bonchev–Trinajstić information content (AvgIpc) is 3.30. The van der Waals surface area contributed by atoms with E-state index in [1.807, 2.05) is 36.4 Å². The van der Waals surface area contributed by atoms with Gasteiger partial charge in [0.1, 0.15) is 23.0 Å². The number of ether oxygens (including phenoxy) is 2. The molecule has 0 unspecified atom stereocenters. The largest absolute Gasteiger partial charge is 0.489 e. The van der Waals surface area contributed by atoms with Crippen LogP contribution in [0.5, 0.6) is 11.5 Å². The Balaban J connectivity index is 1.12. The third kappa shape index (κ3) is 6.64. The van der Waals surface area contributed by atoms with Crippen molar-refractivity contribution in [1.29, 1.82) is 0 Å². The molecule has 0 bridgehead atoms. The fourth-order valence-corrected chi connectivity index (χ4v) is 5.11. The Bertz CT molecular complexity index is 1650. The van der Waals surface area contributed by atoms with Crippen LogP contribution in [0.4, 0.5) is 0 Å². The summed E-state index contributed by atoms with van der Waals surface area (Å²) >= 11 is 13.6. The van der Waals surface area contributed by atoms with Crippen molar-refractivity contribution in [2.75, 3.05) is 0 Å². The van der Waals surface area contributed by atoms with E-state index < -0.39 is 5.97 Å². The molecule has 0 radical (unpaired) electrons. The van der Waals surface area contributed by atoms with E-state index in [4.69, 9.17) is 32.7 Å². The number of nitrogens with zero attached hydrogens (tertiary/aromatic N) is 1. The molecule has 4 aromatic carbocycles. The van der Waals surface area contributed by atoms with Crippen LogP contribution >= 0.6 is 34.5 Å². The highest BCUT2D eigenvalue weighted by molar-refractivity contribution is 7.21. The molecule has 0 atom stereocenters. The van der Waals surface area contributed by atoms with Gasteiger partial charge in [-0.15, -0.1) is 11.3 Å². The highest BCUT2D eigenvalue weighted by Crippen LogP contribution is 2.35. The summed E-state index contributed by atoms with van der Waals surface area (Å²) in [6, 6.07) is 28.4. The summed E-state index contributed by atoms with van der Waals surface area (Å²) in [6.45, 7) is 0.393. The molecule has 0 aliphatic carbocycles. The molecule has 1 aromatic heterocycles. The van der Waals surface area contributed by atoms with Crippen molar-refractivity contribution in [1.82, 2.24) is 5.43 Å². The van der Waals surface area contributed by atoms with Crippen molar-refractivity contribution in [3.63, 3.8) is 0 Å². The number of benzene rings is 4. The highest BCUT2D eigenvalue weighted by Gasteiger charge is 2.18. The van der Waals surface area contributed by atoms with Crippen LogP contribution < -0.4 is 14.9 Å². The maximum absolute atomic E-state index is 12.6. The van der Waals surface area contributed by atoms with Crippen molar-refractivity contribution in [3.05, 3.63) is 129 Å². The summed E-state index contributed by atoms with van der Waals surface area (Å²) in [5.74, 6) is 0.131. The van der Waals surface area contributed by atoms with Gasteiger partial charge in [0.25, 0.3) is 5.91 Å². The molecule has 1 heterocycles. The second kappa shape index (κ2) is 12.1. The fourth-order valence-electron chi connectivity index (χ4n) is 3.60. The third-order valence-corrected chi connectivity index (χ3v) is 7.53. The van der Waals surface area contributed by atoms with Crippen molar-refractivity contribution >= 4 is 62.7 Å². The monoisotopic (exact) mass is 574 g/mol. The SMILES string of the molecule is O=C(N/N=C/c1ccc(OC(=O)c2sc3ccccc3c2Cl)cc1)c1ccc(OCc2ccc(Cl)cc2)cc1. The van der Waals surface area contributed by atoms with Crippen LogP contribution in [0.15, 0.2) is 102 Å². The first kappa shape index (κ1) is 26.4. The highest BCUT2D eigenvalue weighted by atomic mass is 35.5. The number of amides is 1. The van der Waals surface area contributed by atoms with E-state index in [-0.39, 0.29) is 5.91 Å². The van der Waals surface area contributed by atoms with Gasteiger partial charge >= 0.3 is 5.97 Å². The molecule has 0 saturated carbocycles. The molecule has 5 aromatic rings. The van der Waals surface area contributed by atoms with Crippen LogP contribution in [0.3, 0.4) is 0 Å². The van der Waals surface area contributed by atoms with Crippen LogP contribution in [0, 0.1) is 0 Å². The van der Waals surface area contributed by atoms with E-state index in [1.54, 1.807) is 60.7 Å². The molecule has 194 valence electrons. The van der Waals surface area contributed by atoms with Gasteiger partial charge in [-0.1, -0.05) is 53.5 Å². The van der Waals surface area contributed by atoms with Gasteiger partial charge in [0.15, 0.2) is 0 Å². The zero-order valence-corrected chi connectivity index (χ0v) is 22.6. The van der Waals surface area contributed by atoms with Gasteiger partial charge in [0.05, 0.1) is 11.2 Å². The summed E-state index contributed by atoms with van der Waals surface area (Å²) in [4.78, 5) is 25.4. The lowest BCUT2D eigenvalue weighted by Crippen LogP contribution is -2.17. The van der Waals surface area contributed by atoms with E-state index in [9.17, 15) is 9.59 Å². The van der Waals surface area contributed by atoms with Crippen LogP contribution in [-0.4, -0.2) is 18.1 Å². The quantitative estimate of drug-likeness (QED) is 0.0888. The van der Waals surface area contributed by atoms with Gasteiger partial charge in [0, 0.05) is 20.7 Å². The predicted octanol–water partition coefficient (Wildman–Crippen LogP) is 7.77. The van der Waals surface area contributed by atoms with E-state index in [2.05, 4.69) is 10.5 Å². The normalized spacial score (nSPS) is 11.0. The maximum atomic E-state index is 12.6. The minimum atomic E-state index is -0.517. The van der Waals surface area contributed by atoms with E-state index >= 15 is 0 Å². The predicted molar refractivity (Wildman–Crippen MR) is 156 cm³/mol. The van der Waals surface area contributed by atoms with Crippen molar-refractivity contribution in [2.45, 2.75) is 6.61 Å². The number of carbonyl (C=O) groups is 2. The number of hydrogen-bond acceptors (Lipinski definition) is 6. The molecule has 39 heavy (non-hydrogen) atoms. The topological polar surface area (TPSA) is 77.0 Å². The zero-order valence-electron chi connectivity index (χ0n) is 20.3. The molecule has 5 rings (SSSR count). The Labute approximate surface area is 238 Å². The number of thiophene rings is 1. The number of rotatable bonds is 8. The summed E-state index contributed by atoms with van der Waals surface area (Å²) in [7, 11) is 0. The Morgan fingerprint density at radius 3 is 2.26 bits per heavy atom. The standard InChI is InChI=1S/C30H20Cl2N2O4S/c31-22-11-5-20(6-12-22)18-37-23-15-9-21(10-16-23)29(35)34-33-17-19-7-13-24(14-8-19)38-30(36)28-27(32)25-3-1-2-4-26(25)39-28/h1-17H,18H2,(H,34,35)/b33-17+. The second-order valence-corrected chi connectivity index (χ2v) is 10.2. The molecule has 0 fully saturated rings. The summed E-state index contributed by atoms with van der Waals surface area (Å²) in [6.07, 6.45) is 1.50. The first-order valence-electron chi connectivity index (χ1n) is 11.8. The molecule has 0 aliphatic heterocycles. The molecule has 9 heteroatoms. The van der Waals surface area contributed by atoms with Crippen LogP contribution in [-0.2, 0) is 6.61 Å². The molecular formula is C30H20Cl2N2O4S. The van der Waals surface area contributed by atoms with Gasteiger partial charge in [-0.05, 0) is 77.9 Å². The van der Waals surface area contributed by atoms with Crippen molar-refractivity contribution in [3.8, 4) is 11.5 Å². The number of esters is 1. The lowest BCUT2D eigenvalue weighted by Gasteiger charge is -2.07.